The number of benzene rings is 1. The number of amides is 1. The number of likely N-dealkylation sites (tertiary alicyclic amines) is 1. The van der Waals surface area contributed by atoms with Crippen LogP contribution in [0.5, 0.6) is 5.75 Å². The molecule has 150 valence electrons. The van der Waals surface area contributed by atoms with Crippen LogP contribution in [0.15, 0.2) is 70.1 Å². The lowest BCUT2D eigenvalue weighted by atomic mass is 10.1. The van der Waals surface area contributed by atoms with Crippen molar-refractivity contribution in [1.29, 1.82) is 0 Å². The van der Waals surface area contributed by atoms with Crippen LogP contribution in [0.1, 0.15) is 16.6 Å². The van der Waals surface area contributed by atoms with Crippen LogP contribution >= 0.6 is 0 Å². The zero-order valence-corrected chi connectivity index (χ0v) is 16.2. The Morgan fingerprint density at radius 3 is 2.70 bits per heavy atom. The fraction of sp³-hybridized carbons (Fsp3) is 0.182. The largest absolute Gasteiger partial charge is 0.493 e. The molecule has 4 aromatic rings. The highest BCUT2D eigenvalue weighted by Gasteiger charge is 2.35. The van der Waals surface area contributed by atoms with Crippen molar-refractivity contribution in [3.8, 4) is 17.0 Å². The van der Waals surface area contributed by atoms with E-state index < -0.39 is 0 Å². The highest BCUT2D eigenvalue weighted by Crippen LogP contribution is 2.30. The Hall–Kier alpha value is -3.94. The van der Waals surface area contributed by atoms with Gasteiger partial charge in [-0.15, -0.1) is 0 Å². The van der Waals surface area contributed by atoms with Gasteiger partial charge >= 0.3 is 0 Å². The molecule has 8 heteroatoms. The van der Waals surface area contributed by atoms with Gasteiger partial charge in [-0.05, 0) is 30.3 Å². The molecule has 1 aliphatic rings. The number of fused-ring (bicyclic) bond motifs is 1. The third-order valence-corrected chi connectivity index (χ3v) is 5.24. The quantitative estimate of drug-likeness (QED) is 0.521. The summed E-state index contributed by atoms with van der Waals surface area (Å²) >= 11 is 0. The Bertz CT molecular complexity index is 1290. The molecule has 1 aliphatic heterocycles. The Morgan fingerprint density at radius 2 is 1.93 bits per heavy atom. The molecule has 0 spiro atoms. The minimum atomic E-state index is -0.220. The molecule has 0 saturated carbocycles. The monoisotopic (exact) mass is 402 g/mol. The molecule has 3 aromatic heterocycles. The first kappa shape index (κ1) is 18.1. The van der Waals surface area contributed by atoms with E-state index >= 15 is 0 Å². The van der Waals surface area contributed by atoms with Crippen LogP contribution in [-0.2, 0) is 0 Å². The van der Waals surface area contributed by atoms with Crippen LogP contribution in [0, 0.1) is 0 Å². The first-order chi connectivity index (χ1) is 14.6. The van der Waals surface area contributed by atoms with E-state index in [0.717, 1.165) is 10.9 Å². The second kappa shape index (κ2) is 7.14. The third-order valence-electron chi connectivity index (χ3n) is 5.24. The van der Waals surface area contributed by atoms with Crippen LogP contribution in [0.25, 0.3) is 22.2 Å². The summed E-state index contributed by atoms with van der Waals surface area (Å²) in [5.74, 6) is 0.610. The number of rotatable bonds is 4. The summed E-state index contributed by atoms with van der Waals surface area (Å²) in [6.45, 7) is 0.777. The molecule has 1 saturated heterocycles. The molecule has 0 bridgehead atoms. The number of aromatic nitrogens is 3. The van der Waals surface area contributed by atoms with Gasteiger partial charge in [0.25, 0.3) is 11.5 Å². The molecule has 1 aromatic carbocycles. The molecule has 0 aliphatic carbocycles. The average molecular weight is 402 g/mol. The number of carbonyl (C=O) groups excluding carboxylic acids is 1. The number of hydrogen-bond acceptors (Lipinski definition) is 6. The number of furan rings is 1. The van der Waals surface area contributed by atoms with Gasteiger partial charge in [0.15, 0.2) is 17.1 Å². The van der Waals surface area contributed by atoms with Crippen molar-refractivity contribution in [1.82, 2.24) is 19.7 Å². The Kier molecular flexibility index (Phi) is 4.31. The third kappa shape index (κ3) is 3.02. The second-order valence-electron chi connectivity index (χ2n) is 7.09. The van der Waals surface area contributed by atoms with Gasteiger partial charge in [0, 0.05) is 42.5 Å². The zero-order chi connectivity index (χ0) is 20.7. The van der Waals surface area contributed by atoms with Gasteiger partial charge in [-0.3, -0.25) is 14.6 Å². The van der Waals surface area contributed by atoms with Gasteiger partial charge in [-0.1, -0.05) is 12.1 Å². The fourth-order valence-corrected chi connectivity index (χ4v) is 3.60. The first-order valence-electron chi connectivity index (χ1n) is 9.50. The van der Waals surface area contributed by atoms with E-state index in [4.69, 9.17) is 9.15 Å². The van der Waals surface area contributed by atoms with Crippen molar-refractivity contribution in [2.24, 2.45) is 0 Å². The van der Waals surface area contributed by atoms with Crippen LogP contribution < -0.4 is 10.3 Å². The summed E-state index contributed by atoms with van der Waals surface area (Å²) in [7, 11) is 1.56. The molecule has 0 radical (unpaired) electrons. The maximum absolute atomic E-state index is 12.8. The van der Waals surface area contributed by atoms with Gasteiger partial charge in [0.2, 0.25) is 0 Å². The maximum atomic E-state index is 12.8. The summed E-state index contributed by atoms with van der Waals surface area (Å²) in [6.07, 6.45) is 3.36. The molecule has 0 N–H and O–H groups in total. The summed E-state index contributed by atoms with van der Waals surface area (Å²) in [4.78, 5) is 30.8. The van der Waals surface area contributed by atoms with Crippen molar-refractivity contribution in [2.75, 3.05) is 20.2 Å². The van der Waals surface area contributed by atoms with Crippen LogP contribution in [0.4, 0.5) is 0 Å². The van der Waals surface area contributed by atoms with Crippen LogP contribution in [-0.4, -0.2) is 45.8 Å². The molecular formula is C22H18N4O4. The van der Waals surface area contributed by atoms with Gasteiger partial charge in [-0.25, -0.2) is 4.68 Å². The van der Waals surface area contributed by atoms with E-state index in [1.54, 1.807) is 42.6 Å². The number of ether oxygens (including phenoxy) is 1. The Balaban J connectivity index is 1.35. The minimum Gasteiger partial charge on any atom is -0.493 e. The molecular weight excluding hydrogens is 384 g/mol. The zero-order valence-electron chi connectivity index (χ0n) is 16.2. The topological polar surface area (TPSA) is 90.5 Å². The molecule has 8 nitrogen and oxygen atoms in total. The molecule has 30 heavy (non-hydrogen) atoms. The standard InChI is InChI=1S/C22H18N4O4/c1-29-18-4-2-3-15-11-19(30-21(15)18)22(28)25-12-16(13-25)26-20(27)6-5-17(24-26)14-7-9-23-10-8-14/h2-11,16H,12-13H2,1H3. The van der Waals surface area contributed by atoms with Gasteiger partial charge in [-0.2, -0.15) is 5.10 Å². The van der Waals surface area contributed by atoms with Gasteiger partial charge in [0.1, 0.15) is 0 Å². The number of carbonyl (C=O) groups is 1. The van der Waals surface area contributed by atoms with Crippen molar-refractivity contribution in [3.63, 3.8) is 0 Å². The van der Waals surface area contributed by atoms with E-state index in [1.807, 2.05) is 24.3 Å². The number of nitrogens with zero attached hydrogens (tertiary/aromatic N) is 4. The van der Waals surface area contributed by atoms with Crippen LogP contribution in [0.2, 0.25) is 0 Å². The van der Waals surface area contributed by atoms with Gasteiger partial charge in [0.05, 0.1) is 18.8 Å². The second-order valence-corrected chi connectivity index (χ2v) is 7.09. The van der Waals surface area contributed by atoms with E-state index in [9.17, 15) is 9.59 Å². The number of pyridine rings is 1. The smallest absolute Gasteiger partial charge is 0.289 e. The predicted molar refractivity (Wildman–Crippen MR) is 109 cm³/mol. The van der Waals surface area contributed by atoms with Crippen molar-refractivity contribution >= 4 is 16.9 Å². The SMILES string of the molecule is COc1cccc2cc(C(=O)N3CC(n4nc(-c5ccncc5)ccc4=O)C3)oc12. The normalized spacial score (nSPS) is 14.0. The average Bonchev–Trinajstić information content (AvgIpc) is 3.19. The van der Waals surface area contributed by atoms with Crippen LogP contribution in [0.3, 0.4) is 0 Å². The van der Waals surface area contributed by atoms with Crippen molar-refractivity contribution in [3.05, 3.63) is 77.0 Å². The minimum absolute atomic E-state index is 0.179. The lowest BCUT2D eigenvalue weighted by Crippen LogP contribution is -2.53. The van der Waals surface area contributed by atoms with E-state index in [0.29, 0.717) is 30.1 Å². The lowest BCUT2D eigenvalue weighted by Gasteiger charge is -2.38. The predicted octanol–water partition coefficient (Wildman–Crippen LogP) is 2.76. The maximum Gasteiger partial charge on any atom is 0.289 e. The summed E-state index contributed by atoms with van der Waals surface area (Å²) in [6, 6.07) is 13.9. The van der Waals surface area contributed by atoms with Crippen molar-refractivity contribution in [2.45, 2.75) is 6.04 Å². The molecule has 5 rings (SSSR count). The number of hydrogen-bond donors (Lipinski definition) is 0. The summed E-state index contributed by atoms with van der Waals surface area (Å²) in [5.41, 5.74) is 1.91. The fourth-order valence-electron chi connectivity index (χ4n) is 3.60. The van der Waals surface area contributed by atoms with E-state index in [2.05, 4.69) is 10.1 Å². The number of para-hydroxylation sites is 1. The molecule has 0 unspecified atom stereocenters. The highest BCUT2D eigenvalue weighted by atomic mass is 16.5. The summed E-state index contributed by atoms with van der Waals surface area (Å²) in [5, 5.41) is 5.29. The molecule has 4 heterocycles. The molecule has 1 fully saturated rings. The number of methoxy groups -OCH3 is 1. The first-order valence-corrected chi connectivity index (χ1v) is 9.50. The Morgan fingerprint density at radius 1 is 1.13 bits per heavy atom. The van der Waals surface area contributed by atoms with Crippen molar-refractivity contribution < 1.29 is 13.9 Å². The summed E-state index contributed by atoms with van der Waals surface area (Å²) < 4.78 is 12.5. The Labute approximate surface area is 171 Å². The molecule has 1 amide bonds. The lowest BCUT2D eigenvalue weighted by molar-refractivity contribution is 0.0464. The van der Waals surface area contributed by atoms with Gasteiger partial charge < -0.3 is 14.1 Å². The molecule has 0 atom stereocenters. The van der Waals surface area contributed by atoms with E-state index in [-0.39, 0.29) is 23.3 Å². The highest BCUT2D eigenvalue weighted by molar-refractivity contribution is 5.97. The van der Waals surface area contributed by atoms with E-state index in [1.165, 1.54) is 10.7 Å².